The van der Waals surface area contributed by atoms with Crippen LogP contribution in [0.15, 0.2) is 48.5 Å². The van der Waals surface area contributed by atoms with E-state index in [9.17, 15) is 4.79 Å². The maximum Gasteiger partial charge on any atom is 0.251 e. The molecule has 0 aliphatic carbocycles. The lowest BCUT2D eigenvalue weighted by molar-refractivity contribution is 0.0945. The number of benzene rings is 2. The maximum atomic E-state index is 12.3. The zero-order valence-corrected chi connectivity index (χ0v) is 13.9. The van der Waals surface area contributed by atoms with Crippen LogP contribution in [-0.4, -0.2) is 19.6 Å². The van der Waals surface area contributed by atoms with Gasteiger partial charge in [0.25, 0.3) is 5.91 Å². The van der Waals surface area contributed by atoms with Crippen molar-refractivity contribution in [3.63, 3.8) is 0 Å². The van der Waals surface area contributed by atoms with Gasteiger partial charge in [0.1, 0.15) is 5.75 Å². The molecule has 0 aromatic heterocycles. The number of carbonyl (C=O) groups is 1. The van der Waals surface area contributed by atoms with Gasteiger partial charge in [-0.25, -0.2) is 0 Å². The summed E-state index contributed by atoms with van der Waals surface area (Å²) in [6.45, 7) is 5.21. The molecule has 4 nitrogen and oxygen atoms in total. The summed E-state index contributed by atoms with van der Waals surface area (Å²) < 4.78 is 5.27. The van der Waals surface area contributed by atoms with Crippen molar-refractivity contribution >= 4 is 5.91 Å². The van der Waals surface area contributed by atoms with Gasteiger partial charge in [-0.3, -0.25) is 4.79 Å². The summed E-state index contributed by atoms with van der Waals surface area (Å²) in [6.07, 6.45) is 0. The number of hydrogen-bond acceptors (Lipinski definition) is 3. The van der Waals surface area contributed by atoms with Crippen molar-refractivity contribution in [2.75, 3.05) is 13.7 Å². The van der Waals surface area contributed by atoms with Crippen molar-refractivity contribution < 1.29 is 9.53 Å². The van der Waals surface area contributed by atoms with Gasteiger partial charge < -0.3 is 15.8 Å². The lowest BCUT2D eigenvalue weighted by Crippen LogP contribution is -2.36. The lowest BCUT2D eigenvalue weighted by Gasteiger charge is -2.26. The molecule has 2 aromatic rings. The minimum atomic E-state index is -0.193. The van der Waals surface area contributed by atoms with Gasteiger partial charge in [-0.05, 0) is 35.4 Å². The number of ether oxygens (including phenoxy) is 1. The summed E-state index contributed by atoms with van der Waals surface area (Å²) in [5.41, 5.74) is 8.15. The molecule has 0 heterocycles. The Morgan fingerprint density at radius 3 is 2.48 bits per heavy atom. The van der Waals surface area contributed by atoms with Crippen LogP contribution in [0.25, 0.3) is 0 Å². The van der Waals surface area contributed by atoms with E-state index in [1.165, 1.54) is 0 Å². The molecule has 1 amide bonds. The fraction of sp³-hybridized carbons (Fsp3) is 0.316. The first kappa shape index (κ1) is 17.0. The van der Waals surface area contributed by atoms with Crippen LogP contribution >= 0.6 is 0 Å². The Morgan fingerprint density at radius 2 is 1.87 bits per heavy atom. The fourth-order valence-electron chi connectivity index (χ4n) is 2.34. The van der Waals surface area contributed by atoms with E-state index in [0.717, 1.165) is 16.9 Å². The first-order valence-corrected chi connectivity index (χ1v) is 7.68. The van der Waals surface area contributed by atoms with E-state index in [-0.39, 0.29) is 11.3 Å². The third-order valence-electron chi connectivity index (χ3n) is 3.99. The van der Waals surface area contributed by atoms with E-state index < -0.39 is 0 Å². The van der Waals surface area contributed by atoms with E-state index in [4.69, 9.17) is 10.5 Å². The molecule has 0 radical (unpaired) electrons. The van der Waals surface area contributed by atoms with Gasteiger partial charge in [0.05, 0.1) is 7.11 Å². The molecule has 23 heavy (non-hydrogen) atoms. The van der Waals surface area contributed by atoms with Crippen molar-refractivity contribution in [3.05, 3.63) is 65.2 Å². The minimum absolute atomic E-state index is 0.0791. The highest BCUT2D eigenvalue weighted by Gasteiger charge is 2.22. The molecule has 0 saturated carbocycles. The summed E-state index contributed by atoms with van der Waals surface area (Å²) in [5, 5.41) is 3.00. The molecule has 0 bridgehead atoms. The Morgan fingerprint density at radius 1 is 1.17 bits per heavy atom. The number of nitrogens with one attached hydrogen (secondary N) is 1. The second-order valence-electron chi connectivity index (χ2n) is 6.20. The molecular weight excluding hydrogens is 288 g/mol. The molecular formula is C19H24N2O2. The highest BCUT2D eigenvalue weighted by atomic mass is 16.5. The van der Waals surface area contributed by atoms with Crippen molar-refractivity contribution in [1.82, 2.24) is 5.32 Å². The molecule has 2 rings (SSSR count). The molecule has 2 aromatic carbocycles. The molecule has 0 unspecified atom stereocenters. The van der Waals surface area contributed by atoms with Gasteiger partial charge in [0.15, 0.2) is 0 Å². The van der Waals surface area contributed by atoms with Crippen molar-refractivity contribution in [1.29, 1.82) is 0 Å². The quantitative estimate of drug-likeness (QED) is 0.862. The van der Waals surface area contributed by atoms with E-state index >= 15 is 0 Å². The smallest absolute Gasteiger partial charge is 0.251 e. The van der Waals surface area contributed by atoms with Gasteiger partial charge in [0.2, 0.25) is 0 Å². The SMILES string of the molecule is COc1cccc(C(C)(C)CNC(=O)c2ccc(CN)cc2)c1. The summed E-state index contributed by atoms with van der Waals surface area (Å²) >= 11 is 0. The predicted octanol–water partition coefficient (Wildman–Crippen LogP) is 2.86. The van der Waals surface area contributed by atoms with E-state index in [2.05, 4.69) is 19.2 Å². The Kier molecular flexibility index (Phi) is 5.40. The van der Waals surface area contributed by atoms with Crippen molar-refractivity contribution in [3.8, 4) is 5.75 Å². The summed E-state index contributed by atoms with van der Waals surface area (Å²) in [4.78, 5) is 12.3. The fourth-order valence-corrected chi connectivity index (χ4v) is 2.34. The lowest BCUT2D eigenvalue weighted by atomic mass is 9.84. The zero-order valence-electron chi connectivity index (χ0n) is 13.9. The summed E-state index contributed by atoms with van der Waals surface area (Å²) in [5.74, 6) is 0.740. The molecule has 4 heteroatoms. The maximum absolute atomic E-state index is 12.3. The monoisotopic (exact) mass is 312 g/mol. The number of rotatable bonds is 6. The van der Waals surface area contributed by atoms with Crippen LogP contribution in [-0.2, 0) is 12.0 Å². The van der Waals surface area contributed by atoms with Crippen molar-refractivity contribution in [2.45, 2.75) is 25.8 Å². The second kappa shape index (κ2) is 7.29. The number of carbonyl (C=O) groups excluding carboxylic acids is 1. The first-order valence-electron chi connectivity index (χ1n) is 7.68. The molecule has 0 aliphatic heterocycles. The highest BCUT2D eigenvalue weighted by molar-refractivity contribution is 5.94. The number of nitrogens with two attached hydrogens (primary N) is 1. The summed E-state index contributed by atoms with van der Waals surface area (Å²) in [6, 6.07) is 15.3. The summed E-state index contributed by atoms with van der Waals surface area (Å²) in [7, 11) is 1.65. The van der Waals surface area contributed by atoms with Crippen LogP contribution in [0, 0.1) is 0 Å². The largest absolute Gasteiger partial charge is 0.497 e. The number of methoxy groups -OCH3 is 1. The molecule has 0 fully saturated rings. The van der Waals surface area contributed by atoms with E-state index in [1.54, 1.807) is 19.2 Å². The third-order valence-corrected chi connectivity index (χ3v) is 3.99. The van der Waals surface area contributed by atoms with Crippen LogP contribution in [0.4, 0.5) is 0 Å². The Labute approximate surface area is 137 Å². The number of amides is 1. The van der Waals surface area contributed by atoms with Gasteiger partial charge in [0, 0.05) is 24.1 Å². The van der Waals surface area contributed by atoms with E-state index in [1.807, 2.05) is 36.4 Å². The number of hydrogen-bond donors (Lipinski definition) is 2. The molecule has 3 N–H and O–H groups in total. The van der Waals surface area contributed by atoms with Crippen molar-refractivity contribution in [2.24, 2.45) is 5.73 Å². The molecule has 0 aliphatic rings. The molecule has 0 spiro atoms. The van der Waals surface area contributed by atoms with Crippen LogP contribution in [0.5, 0.6) is 5.75 Å². The van der Waals surface area contributed by atoms with Crippen LogP contribution < -0.4 is 15.8 Å². The minimum Gasteiger partial charge on any atom is -0.497 e. The zero-order chi connectivity index (χ0) is 16.9. The van der Waals surface area contributed by atoms with Crippen LogP contribution in [0.3, 0.4) is 0 Å². The van der Waals surface area contributed by atoms with Crippen LogP contribution in [0.1, 0.15) is 35.3 Å². The van der Waals surface area contributed by atoms with Crippen LogP contribution in [0.2, 0.25) is 0 Å². The average molecular weight is 312 g/mol. The molecule has 0 atom stereocenters. The second-order valence-corrected chi connectivity index (χ2v) is 6.20. The topological polar surface area (TPSA) is 64.3 Å². The molecule has 0 saturated heterocycles. The predicted molar refractivity (Wildman–Crippen MR) is 92.7 cm³/mol. The standard InChI is InChI=1S/C19H24N2O2/c1-19(2,16-5-4-6-17(11-16)23-3)13-21-18(22)15-9-7-14(12-20)8-10-15/h4-11H,12-13,20H2,1-3H3,(H,21,22). The van der Waals surface area contributed by atoms with Gasteiger partial charge in [-0.1, -0.05) is 38.1 Å². The van der Waals surface area contributed by atoms with Gasteiger partial charge >= 0.3 is 0 Å². The average Bonchev–Trinajstić information content (AvgIpc) is 2.60. The molecule has 122 valence electrons. The Bertz CT molecular complexity index is 663. The Hall–Kier alpha value is -2.33. The first-order chi connectivity index (χ1) is 11.0. The van der Waals surface area contributed by atoms with Gasteiger partial charge in [-0.15, -0.1) is 0 Å². The highest BCUT2D eigenvalue weighted by Crippen LogP contribution is 2.25. The van der Waals surface area contributed by atoms with Gasteiger partial charge in [-0.2, -0.15) is 0 Å². The van der Waals surface area contributed by atoms with E-state index in [0.29, 0.717) is 18.7 Å². The third kappa shape index (κ3) is 4.33. The Balaban J connectivity index is 2.03. The normalized spacial score (nSPS) is 11.1.